The predicted molar refractivity (Wildman–Crippen MR) is 117 cm³/mol. The van der Waals surface area contributed by atoms with Crippen molar-refractivity contribution in [2.75, 3.05) is 5.32 Å². The number of aryl methyl sites for hydroxylation is 1. The van der Waals surface area contributed by atoms with Gasteiger partial charge in [0.1, 0.15) is 29.4 Å². The zero-order chi connectivity index (χ0) is 23.6. The molecule has 1 atom stereocenters. The van der Waals surface area contributed by atoms with E-state index in [4.69, 9.17) is 27.9 Å². The van der Waals surface area contributed by atoms with Crippen LogP contribution in [0.15, 0.2) is 42.6 Å². The lowest BCUT2D eigenvalue weighted by Gasteiger charge is -2.14. The Morgan fingerprint density at radius 1 is 1.16 bits per heavy atom. The standard InChI is InChI=1S/C19H15Cl2N5O6/c1-10-17(26(30)31)9-24(23-10)11(2)19(27)22-13-6-14(25(28)29)8-15(7-13)32-18-4-3-12(20)5-16(18)21/h3-9,11H,1-2H3,(H,22,27). The Morgan fingerprint density at radius 2 is 1.88 bits per heavy atom. The van der Waals surface area contributed by atoms with Gasteiger partial charge in [-0.25, -0.2) is 0 Å². The van der Waals surface area contributed by atoms with Crippen LogP contribution in [0.2, 0.25) is 10.0 Å². The fourth-order valence-electron chi connectivity index (χ4n) is 2.72. The molecule has 0 spiro atoms. The molecule has 0 saturated heterocycles. The van der Waals surface area contributed by atoms with Crippen LogP contribution >= 0.6 is 23.2 Å². The first kappa shape index (κ1) is 23.0. The van der Waals surface area contributed by atoms with Gasteiger partial charge in [0, 0.05) is 17.2 Å². The fraction of sp³-hybridized carbons (Fsp3) is 0.158. The summed E-state index contributed by atoms with van der Waals surface area (Å²) in [4.78, 5) is 33.8. The van der Waals surface area contributed by atoms with Gasteiger partial charge in [-0.05, 0) is 32.0 Å². The molecule has 1 unspecified atom stereocenters. The molecule has 1 heterocycles. The quantitative estimate of drug-likeness (QED) is 0.357. The van der Waals surface area contributed by atoms with E-state index in [1.165, 1.54) is 44.2 Å². The van der Waals surface area contributed by atoms with Gasteiger partial charge in [0.25, 0.3) is 5.69 Å². The molecule has 0 bridgehead atoms. The lowest BCUT2D eigenvalue weighted by Crippen LogP contribution is -2.24. The van der Waals surface area contributed by atoms with Gasteiger partial charge >= 0.3 is 5.69 Å². The van der Waals surface area contributed by atoms with Crippen LogP contribution in [0.3, 0.4) is 0 Å². The second-order valence-corrected chi connectivity index (χ2v) is 7.50. The van der Waals surface area contributed by atoms with Crippen LogP contribution in [0.1, 0.15) is 18.7 Å². The average Bonchev–Trinajstić information content (AvgIpc) is 3.11. The number of halogens is 2. The molecule has 32 heavy (non-hydrogen) atoms. The fourth-order valence-corrected chi connectivity index (χ4v) is 3.17. The molecule has 11 nitrogen and oxygen atoms in total. The van der Waals surface area contributed by atoms with Crippen molar-refractivity contribution < 1.29 is 19.4 Å². The van der Waals surface area contributed by atoms with Gasteiger partial charge in [0.05, 0.1) is 26.6 Å². The molecule has 0 aliphatic rings. The van der Waals surface area contributed by atoms with Crippen LogP contribution < -0.4 is 10.1 Å². The lowest BCUT2D eigenvalue weighted by molar-refractivity contribution is -0.385. The second kappa shape index (κ2) is 9.20. The number of rotatable bonds is 7. The molecule has 3 aromatic rings. The van der Waals surface area contributed by atoms with Crippen molar-refractivity contribution in [2.45, 2.75) is 19.9 Å². The van der Waals surface area contributed by atoms with E-state index in [0.717, 1.165) is 16.9 Å². The van der Waals surface area contributed by atoms with Gasteiger partial charge in [-0.1, -0.05) is 23.2 Å². The molecule has 2 aromatic carbocycles. The number of aromatic nitrogens is 2. The van der Waals surface area contributed by atoms with E-state index in [9.17, 15) is 25.0 Å². The maximum atomic E-state index is 12.7. The number of carbonyl (C=O) groups excluding carboxylic acids is 1. The third-order valence-corrected chi connectivity index (χ3v) is 4.89. The van der Waals surface area contributed by atoms with Crippen molar-refractivity contribution in [3.63, 3.8) is 0 Å². The predicted octanol–water partition coefficient (Wildman–Crippen LogP) is 5.31. The summed E-state index contributed by atoms with van der Waals surface area (Å²) in [6.45, 7) is 2.93. The Morgan fingerprint density at radius 3 is 2.47 bits per heavy atom. The maximum Gasteiger partial charge on any atom is 0.309 e. The van der Waals surface area contributed by atoms with Crippen molar-refractivity contribution in [2.24, 2.45) is 0 Å². The number of anilines is 1. The number of hydrogen-bond donors (Lipinski definition) is 1. The van der Waals surface area contributed by atoms with Crippen LogP contribution in [0.4, 0.5) is 17.1 Å². The molecule has 0 saturated carbocycles. The molecule has 0 aliphatic heterocycles. The minimum atomic E-state index is -0.934. The second-order valence-electron chi connectivity index (χ2n) is 6.65. The average molecular weight is 480 g/mol. The first-order valence-electron chi connectivity index (χ1n) is 8.98. The van der Waals surface area contributed by atoms with Crippen LogP contribution in [0.5, 0.6) is 11.5 Å². The summed E-state index contributed by atoms with van der Waals surface area (Å²) >= 11 is 11.9. The monoisotopic (exact) mass is 479 g/mol. The van der Waals surface area contributed by atoms with Gasteiger partial charge in [-0.2, -0.15) is 5.10 Å². The van der Waals surface area contributed by atoms with Gasteiger partial charge in [0.2, 0.25) is 5.91 Å². The molecule has 1 aromatic heterocycles. The Balaban J connectivity index is 1.86. The van der Waals surface area contributed by atoms with Crippen LogP contribution in [0, 0.1) is 27.2 Å². The van der Waals surface area contributed by atoms with Crippen LogP contribution in [-0.2, 0) is 4.79 Å². The molecule has 166 valence electrons. The third kappa shape index (κ3) is 5.13. The minimum Gasteiger partial charge on any atom is -0.455 e. The highest BCUT2D eigenvalue weighted by Crippen LogP contribution is 2.34. The number of nitro groups is 2. The summed E-state index contributed by atoms with van der Waals surface area (Å²) < 4.78 is 6.77. The number of nitrogens with one attached hydrogen (secondary N) is 1. The van der Waals surface area contributed by atoms with Crippen molar-refractivity contribution in [1.82, 2.24) is 9.78 Å². The van der Waals surface area contributed by atoms with E-state index >= 15 is 0 Å². The SMILES string of the molecule is Cc1nn(C(C)C(=O)Nc2cc(Oc3ccc(Cl)cc3Cl)cc([N+](=O)[O-])c2)cc1[N+](=O)[O-]. The molecule has 0 fully saturated rings. The zero-order valence-electron chi connectivity index (χ0n) is 16.6. The van der Waals surface area contributed by atoms with E-state index in [0.29, 0.717) is 5.02 Å². The van der Waals surface area contributed by atoms with E-state index < -0.39 is 21.8 Å². The maximum absolute atomic E-state index is 12.7. The number of nitro benzene ring substituents is 1. The number of carbonyl (C=O) groups is 1. The number of non-ortho nitro benzene ring substituents is 1. The van der Waals surface area contributed by atoms with E-state index in [1.54, 1.807) is 0 Å². The molecule has 0 radical (unpaired) electrons. The zero-order valence-corrected chi connectivity index (χ0v) is 18.1. The normalized spacial score (nSPS) is 11.6. The van der Waals surface area contributed by atoms with Crippen LogP contribution in [-0.4, -0.2) is 25.5 Å². The number of nitrogens with zero attached hydrogens (tertiary/aromatic N) is 4. The summed E-state index contributed by atoms with van der Waals surface area (Å²) in [5.41, 5.74) is -0.327. The van der Waals surface area contributed by atoms with Gasteiger partial charge < -0.3 is 10.1 Å². The third-order valence-electron chi connectivity index (χ3n) is 4.36. The first-order chi connectivity index (χ1) is 15.0. The Bertz CT molecular complexity index is 1230. The van der Waals surface area contributed by atoms with E-state index in [1.807, 2.05) is 0 Å². The highest BCUT2D eigenvalue weighted by Gasteiger charge is 2.23. The molecular formula is C19H15Cl2N5O6. The number of amides is 1. The summed E-state index contributed by atoms with van der Waals surface area (Å²) in [6, 6.07) is 7.25. The van der Waals surface area contributed by atoms with Crippen LogP contribution in [0.25, 0.3) is 0 Å². The van der Waals surface area contributed by atoms with Gasteiger partial charge in [-0.3, -0.25) is 29.7 Å². The largest absolute Gasteiger partial charge is 0.455 e. The summed E-state index contributed by atoms with van der Waals surface area (Å²) in [5, 5.41) is 29.4. The van der Waals surface area contributed by atoms with Crippen molar-refractivity contribution in [3.8, 4) is 11.5 Å². The highest BCUT2D eigenvalue weighted by molar-refractivity contribution is 6.35. The minimum absolute atomic E-state index is 0.0527. The van der Waals surface area contributed by atoms with Crippen molar-refractivity contribution in [3.05, 3.63) is 78.6 Å². The highest BCUT2D eigenvalue weighted by atomic mass is 35.5. The Kier molecular flexibility index (Phi) is 6.61. The molecule has 1 amide bonds. The molecule has 3 rings (SSSR count). The van der Waals surface area contributed by atoms with E-state index in [-0.39, 0.29) is 39.3 Å². The smallest absolute Gasteiger partial charge is 0.309 e. The van der Waals surface area contributed by atoms with Crippen molar-refractivity contribution >= 4 is 46.2 Å². The number of hydrogen-bond acceptors (Lipinski definition) is 7. The Labute approximate surface area is 190 Å². The van der Waals surface area contributed by atoms with Crippen molar-refractivity contribution in [1.29, 1.82) is 0 Å². The molecule has 1 N–H and O–H groups in total. The Hall–Kier alpha value is -3.70. The summed E-state index contributed by atoms with van der Waals surface area (Å²) in [5.74, 6) is -0.336. The number of benzene rings is 2. The van der Waals surface area contributed by atoms with Gasteiger partial charge in [0.15, 0.2) is 0 Å². The molecular weight excluding hydrogens is 465 g/mol. The van der Waals surface area contributed by atoms with E-state index in [2.05, 4.69) is 10.4 Å². The molecule has 0 aliphatic carbocycles. The summed E-state index contributed by atoms with van der Waals surface area (Å²) in [7, 11) is 0. The lowest BCUT2D eigenvalue weighted by atomic mass is 10.2. The van der Waals surface area contributed by atoms with Gasteiger partial charge in [-0.15, -0.1) is 0 Å². The first-order valence-corrected chi connectivity index (χ1v) is 9.74. The summed E-state index contributed by atoms with van der Waals surface area (Å²) in [6.07, 6.45) is 1.14. The molecule has 13 heteroatoms. The topological polar surface area (TPSA) is 142 Å². The number of ether oxygens (including phenoxy) is 1.